The third kappa shape index (κ3) is 8.69. The number of rotatable bonds is 16. The number of fused-ring (bicyclic) bond motifs is 1. The number of unbranched alkanes of at least 4 members (excludes halogenated alkanes) is 1. The second kappa shape index (κ2) is 16.9. The maximum absolute atomic E-state index is 14.3. The fourth-order valence-electron chi connectivity index (χ4n) is 6.01. The molecule has 0 aliphatic heterocycles. The van der Waals surface area contributed by atoms with E-state index in [0.717, 1.165) is 66.7 Å². The Balaban J connectivity index is 1.79. The van der Waals surface area contributed by atoms with Gasteiger partial charge in [0.2, 0.25) is 0 Å². The van der Waals surface area contributed by atoms with Gasteiger partial charge in [-0.15, -0.1) is 6.58 Å². The summed E-state index contributed by atoms with van der Waals surface area (Å²) < 4.78 is 7.84. The number of urea groups is 1. The van der Waals surface area contributed by atoms with Gasteiger partial charge in [0.05, 0.1) is 6.61 Å². The van der Waals surface area contributed by atoms with Gasteiger partial charge in [-0.1, -0.05) is 78.0 Å². The van der Waals surface area contributed by atoms with Gasteiger partial charge in [-0.2, -0.15) is 0 Å². The predicted octanol–water partition coefficient (Wildman–Crippen LogP) is 9.03. The maximum atomic E-state index is 14.3. The number of nitrogens with zero attached hydrogens (tertiary/aromatic N) is 3. The van der Waals surface area contributed by atoms with E-state index in [1.54, 1.807) is 10.8 Å². The molecule has 2 aromatic carbocycles. The van der Waals surface area contributed by atoms with Crippen molar-refractivity contribution in [3.05, 3.63) is 94.9 Å². The molecule has 8 heteroatoms. The molecule has 4 aromatic rings. The van der Waals surface area contributed by atoms with Crippen molar-refractivity contribution >= 4 is 28.4 Å². The average molecular weight is 638 g/mol. The summed E-state index contributed by atoms with van der Waals surface area (Å²) in [7, 11) is 0. The minimum Gasteiger partial charge on any atom is -0.494 e. The van der Waals surface area contributed by atoms with Crippen LogP contribution in [-0.2, 0) is 6.54 Å². The van der Waals surface area contributed by atoms with Gasteiger partial charge in [0.15, 0.2) is 0 Å². The van der Waals surface area contributed by atoms with Gasteiger partial charge in [0.1, 0.15) is 17.1 Å². The van der Waals surface area contributed by atoms with Gasteiger partial charge in [0.25, 0.3) is 5.56 Å². The highest BCUT2D eigenvalue weighted by Gasteiger charge is 2.23. The van der Waals surface area contributed by atoms with Gasteiger partial charge in [0, 0.05) is 35.9 Å². The first kappa shape index (κ1) is 35.4. The van der Waals surface area contributed by atoms with Crippen LogP contribution in [-0.4, -0.2) is 46.7 Å². The fraction of sp³-hybridized carbons (Fsp3) is 0.410. The van der Waals surface area contributed by atoms with Crippen molar-refractivity contribution in [2.24, 2.45) is 0 Å². The average Bonchev–Trinajstić information content (AvgIpc) is 3.06. The lowest BCUT2D eigenvalue weighted by Gasteiger charge is -2.22. The highest BCUT2D eigenvalue weighted by atomic mass is 16.5. The van der Waals surface area contributed by atoms with E-state index in [-0.39, 0.29) is 23.1 Å². The van der Waals surface area contributed by atoms with E-state index >= 15 is 0 Å². The lowest BCUT2D eigenvalue weighted by atomic mass is 9.93. The van der Waals surface area contributed by atoms with Crippen molar-refractivity contribution < 1.29 is 9.53 Å². The zero-order chi connectivity index (χ0) is 33.9. The number of carbonyl (C=O) groups excluding carboxylic acids is 1. The van der Waals surface area contributed by atoms with Crippen molar-refractivity contribution in [2.75, 3.05) is 36.9 Å². The molecule has 0 fully saturated rings. The van der Waals surface area contributed by atoms with Gasteiger partial charge >= 0.3 is 6.03 Å². The summed E-state index contributed by atoms with van der Waals surface area (Å²) in [5.74, 6) is 1.10. The lowest BCUT2D eigenvalue weighted by Crippen LogP contribution is -2.30. The number of carbonyl (C=O) groups is 1. The Kier molecular flexibility index (Phi) is 12.8. The first-order chi connectivity index (χ1) is 22.7. The molecular weight excluding hydrogens is 586 g/mol. The number of para-hydroxylation sites is 1. The van der Waals surface area contributed by atoms with Crippen LogP contribution in [0.4, 0.5) is 16.2 Å². The first-order valence-electron chi connectivity index (χ1n) is 17.0. The zero-order valence-electron chi connectivity index (χ0n) is 28.9. The van der Waals surface area contributed by atoms with E-state index in [0.29, 0.717) is 30.1 Å². The number of hydrogen-bond acceptors (Lipinski definition) is 5. The number of aryl methyl sites for hydroxylation is 1. The van der Waals surface area contributed by atoms with Crippen molar-refractivity contribution in [1.29, 1.82) is 0 Å². The van der Waals surface area contributed by atoms with Crippen LogP contribution >= 0.6 is 0 Å². The molecule has 8 nitrogen and oxygen atoms in total. The van der Waals surface area contributed by atoms with Gasteiger partial charge in [-0.3, -0.25) is 9.36 Å². The number of benzene rings is 2. The van der Waals surface area contributed by atoms with Crippen LogP contribution in [0.1, 0.15) is 83.8 Å². The molecule has 0 saturated heterocycles. The number of aromatic nitrogens is 2. The van der Waals surface area contributed by atoms with Crippen LogP contribution < -0.4 is 20.9 Å². The molecule has 0 aliphatic rings. The number of anilines is 2. The number of pyridine rings is 2. The van der Waals surface area contributed by atoms with Crippen molar-refractivity contribution in [1.82, 2.24) is 14.5 Å². The summed E-state index contributed by atoms with van der Waals surface area (Å²) in [6.45, 7) is 20.6. The summed E-state index contributed by atoms with van der Waals surface area (Å²) in [5.41, 5.74) is 4.71. The maximum Gasteiger partial charge on any atom is 0.323 e. The molecule has 0 atom stereocenters. The molecule has 47 heavy (non-hydrogen) atoms. The van der Waals surface area contributed by atoms with Crippen molar-refractivity contribution in [3.8, 4) is 16.9 Å². The molecule has 2 amide bonds. The van der Waals surface area contributed by atoms with Crippen molar-refractivity contribution in [2.45, 2.75) is 79.2 Å². The fourth-order valence-corrected chi connectivity index (χ4v) is 6.01. The molecule has 4 rings (SSSR count). The Morgan fingerprint density at radius 1 is 0.957 bits per heavy atom. The van der Waals surface area contributed by atoms with E-state index in [2.05, 4.69) is 68.6 Å². The largest absolute Gasteiger partial charge is 0.494 e. The van der Waals surface area contributed by atoms with Gasteiger partial charge in [-0.25, -0.2) is 9.78 Å². The molecule has 0 saturated carbocycles. The van der Waals surface area contributed by atoms with Gasteiger partial charge < -0.3 is 20.3 Å². The molecule has 2 heterocycles. The number of allylic oxidation sites excluding steroid dienone is 1. The monoisotopic (exact) mass is 637 g/mol. The molecule has 0 unspecified atom stereocenters. The quantitative estimate of drug-likeness (QED) is 0.0945. The zero-order valence-corrected chi connectivity index (χ0v) is 28.9. The van der Waals surface area contributed by atoms with Crippen LogP contribution in [0.25, 0.3) is 22.2 Å². The second-order valence-electron chi connectivity index (χ2n) is 12.5. The van der Waals surface area contributed by atoms with Crippen LogP contribution in [0, 0.1) is 0 Å². The lowest BCUT2D eigenvalue weighted by molar-refractivity contribution is 0.249. The Bertz CT molecular complexity index is 1700. The third-order valence-corrected chi connectivity index (χ3v) is 8.57. The minimum absolute atomic E-state index is 0.197. The first-order valence-corrected chi connectivity index (χ1v) is 17.0. The molecule has 0 radical (unpaired) electrons. The SMILES string of the molecule is C=CCCCn1c(=O)c(NC(=O)Nc2c(C(C)C)cccc2C(C)C)c(-c2cccc(OCCCN(CC)CC)c2)c2cccnc21. The molecule has 2 aromatic heterocycles. The van der Waals surface area contributed by atoms with E-state index in [1.807, 2.05) is 60.7 Å². The Hall–Kier alpha value is -4.43. The summed E-state index contributed by atoms with van der Waals surface area (Å²) >= 11 is 0. The van der Waals surface area contributed by atoms with Crippen LogP contribution in [0.2, 0.25) is 0 Å². The summed E-state index contributed by atoms with van der Waals surface area (Å²) in [4.78, 5) is 35.3. The topological polar surface area (TPSA) is 88.5 Å². The normalized spacial score (nSPS) is 11.4. The van der Waals surface area contributed by atoms with Crippen LogP contribution in [0.5, 0.6) is 5.75 Å². The molecule has 0 spiro atoms. The summed E-state index contributed by atoms with van der Waals surface area (Å²) in [6.07, 6.45) is 5.91. The number of amides is 2. The van der Waals surface area contributed by atoms with Crippen molar-refractivity contribution in [3.63, 3.8) is 0 Å². The van der Waals surface area contributed by atoms with E-state index < -0.39 is 6.03 Å². The second-order valence-corrected chi connectivity index (χ2v) is 12.5. The number of nitrogens with one attached hydrogen (secondary N) is 2. The Labute approximate surface area is 279 Å². The molecule has 0 bridgehead atoms. The summed E-state index contributed by atoms with van der Waals surface area (Å²) in [5, 5.41) is 6.89. The van der Waals surface area contributed by atoms with E-state index in [9.17, 15) is 9.59 Å². The Morgan fingerprint density at radius 2 is 1.64 bits per heavy atom. The number of ether oxygens (including phenoxy) is 1. The molecule has 0 aliphatic carbocycles. The summed E-state index contributed by atoms with van der Waals surface area (Å²) in [6, 6.07) is 17.2. The standard InChI is InChI=1S/C39H51N5O3/c1-8-11-12-24-44-37-33(21-15-22-40-37)34(29-17-13-18-30(26-29)47-25-16-23-43(9-2)10-3)36(38(44)45)42-39(46)41-35-31(27(4)5)19-14-20-32(35)28(6)7/h8,13-15,17-22,26-28H,1,9-12,16,23-25H2,2-7H3,(H2,41,42,46). The number of hydrogen-bond donors (Lipinski definition) is 2. The Morgan fingerprint density at radius 3 is 2.30 bits per heavy atom. The van der Waals surface area contributed by atoms with Gasteiger partial charge in [-0.05, 0) is 85.1 Å². The smallest absolute Gasteiger partial charge is 0.323 e. The van der Waals surface area contributed by atoms with E-state index in [4.69, 9.17) is 4.74 Å². The highest BCUT2D eigenvalue weighted by molar-refractivity contribution is 6.07. The van der Waals surface area contributed by atoms with E-state index in [1.165, 1.54) is 0 Å². The molecular formula is C39H51N5O3. The minimum atomic E-state index is -0.469. The third-order valence-electron chi connectivity index (χ3n) is 8.57. The van der Waals surface area contributed by atoms with Crippen LogP contribution in [0.3, 0.4) is 0 Å². The highest BCUT2D eigenvalue weighted by Crippen LogP contribution is 2.36. The predicted molar refractivity (Wildman–Crippen MR) is 196 cm³/mol. The molecule has 2 N–H and O–H groups in total. The molecule has 250 valence electrons. The van der Waals surface area contributed by atoms with Crippen LogP contribution in [0.15, 0.2) is 78.2 Å².